The molecule has 2 N–H and O–H groups in total. The number of aromatic amines is 2. The van der Waals surface area contributed by atoms with E-state index in [0.29, 0.717) is 10.3 Å². The third kappa shape index (κ3) is 1.48. The predicted molar refractivity (Wildman–Crippen MR) is 54.9 cm³/mol. The summed E-state index contributed by atoms with van der Waals surface area (Å²) in [5.74, 6) is 0. The monoisotopic (exact) mass is 211 g/mol. The van der Waals surface area contributed by atoms with Crippen molar-refractivity contribution in [1.29, 1.82) is 0 Å². The molecule has 0 aliphatic heterocycles. The molecule has 5 nitrogen and oxygen atoms in total. The third-order valence-electron chi connectivity index (χ3n) is 1.80. The lowest BCUT2D eigenvalue weighted by Crippen LogP contribution is -2.21. The molecule has 0 saturated heterocycles. The van der Waals surface area contributed by atoms with E-state index < -0.39 is 11.2 Å². The normalized spacial score (nSPS) is 10.9. The Balaban J connectivity index is 2.71. The zero-order chi connectivity index (χ0) is 10.1. The van der Waals surface area contributed by atoms with Crippen molar-refractivity contribution in [2.24, 2.45) is 0 Å². The first-order valence-corrected chi connectivity index (χ1v) is 5.14. The van der Waals surface area contributed by atoms with Crippen molar-refractivity contribution in [1.82, 2.24) is 15.0 Å². The van der Waals surface area contributed by atoms with Crippen LogP contribution in [0.2, 0.25) is 0 Å². The molecule has 2 heterocycles. The fraction of sp³-hybridized carbons (Fsp3) is 0.375. The minimum atomic E-state index is -0.478. The lowest BCUT2D eigenvalue weighted by Gasteiger charge is -1.84. The van der Waals surface area contributed by atoms with Gasteiger partial charge in [-0.1, -0.05) is 6.92 Å². The number of hydrogen-bond acceptors (Lipinski definition) is 4. The summed E-state index contributed by atoms with van der Waals surface area (Å²) in [6.07, 6.45) is 1.81. The number of aryl methyl sites for hydroxylation is 1. The van der Waals surface area contributed by atoms with Gasteiger partial charge in [-0.2, -0.15) is 0 Å². The van der Waals surface area contributed by atoms with Gasteiger partial charge in [0.25, 0.3) is 5.56 Å². The highest BCUT2D eigenvalue weighted by molar-refractivity contribution is 7.18. The summed E-state index contributed by atoms with van der Waals surface area (Å²) in [7, 11) is 0. The van der Waals surface area contributed by atoms with Crippen molar-refractivity contribution in [3.63, 3.8) is 0 Å². The van der Waals surface area contributed by atoms with Gasteiger partial charge in [-0.05, 0) is 12.8 Å². The first-order valence-electron chi connectivity index (χ1n) is 4.32. The molecule has 0 amide bonds. The van der Waals surface area contributed by atoms with Gasteiger partial charge in [0.05, 0.1) is 5.01 Å². The Kier molecular flexibility index (Phi) is 2.20. The van der Waals surface area contributed by atoms with Crippen molar-refractivity contribution in [3.8, 4) is 0 Å². The Bertz CT molecular complexity index is 566. The number of nitrogens with zero attached hydrogens (tertiary/aromatic N) is 1. The van der Waals surface area contributed by atoms with Crippen LogP contribution in [0.25, 0.3) is 10.3 Å². The van der Waals surface area contributed by atoms with E-state index in [1.807, 2.05) is 6.92 Å². The maximum absolute atomic E-state index is 11.3. The molecule has 2 rings (SSSR count). The van der Waals surface area contributed by atoms with Gasteiger partial charge in [-0.3, -0.25) is 14.8 Å². The molecule has 0 fully saturated rings. The van der Waals surface area contributed by atoms with Crippen LogP contribution in [0.4, 0.5) is 0 Å². The molecule has 0 spiro atoms. The lowest BCUT2D eigenvalue weighted by molar-refractivity contribution is 0.911. The molecule has 0 aromatic carbocycles. The van der Waals surface area contributed by atoms with Crippen LogP contribution in [0.5, 0.6) is 0 Å². The van der Waals surface area contributed by atoms with E-state index in [1.165, 1.54) is 11.3 Å². The second-order valence-electron chi connectivity index (χ2n) is 2.94. The van der Waals surface area contributed by atoms with E-state index in [2.05, 4.69) is 15.0 Å². The van der Waals surface area contributed by atoms with Gasteiger partial charge >= 0.3 is 5.69 Å². The zero-order valence-corrected chi connectivity index (χ0v) is 8.40. The van der Waals surface area contributed by atoms with Crippen molar-refractivity contribution >= 4 is 21.7 Å². The number of H-pyrrole nitrogens is 2. The summed E-state index contributed by atoms with van der Waals surface area (Å²) in [4.78, 5) is 31.6. The van der Waals surface area contributed by atoms with Crippen LogP contribution in [0, 0.1) is 0 Å². The maximum atomic E-state index is 11.3. The van der Waals surface area contributed by atoms with Crippen LogP contribution in [0.15, 0.2) is 9.59 Å². The average molecular weight is 211 g/mol. The van der Waals surface area contributed by atoms with Crippen molar-refractivity contribution in [3.05, 3.63) is 25.8 Å². The lowest BCUT2D eigenvalue weighted by atomic mass is 10.4. The van der Waals surface area contributed by atoms with Crippen LogP contribution in [0.3, 0.4) is 0 Å². The zero-order valence-electron chi connectivity index (χ0n) is 7.59. The van der Waals surface area contributed by atoms with E-state index in [1.54, 1.807) is 0 Å². The molecule has 0 atom stereocenters. The Morgan fingerprint density at radius 1 is 1.36 bits per heavy atom. The number of rotatable bonds is 2. The van der Waals surface area contributed by atoms with E-state index in [9.17, 15) is 9.59 Å². The number of hydrogen-bond donors (Lipinski definition) is 2. The standard InChI is InChI=1S/C8H9N3O2S/c1-2-3-4-9-5-6(12)10-8(13)11-7(5)14-4/h2-3H2,1H3,(H2,10,11,12,13). The van der Waals surface area contributed by atoms with E-state index in [4.69, 9.17) is 0 Å². The van der Waals surface area contributed by atoms with Gasteiger partial charge in [-0.25, -0.2) is 9.78 Å². The Hall–Kier alpha value is -1.43. The summed E-state index contributed by atoms with van der Waals surface area (Å²) < 4.78 is 0. The van der Waals surface area contributed by atoms with Crippen molar-refractivity contribution < 1.29 is 0 Å². The first-order chi connectivity index (χ1) is 6.70. The van der Waals surface area contributed by atoms with Gasteiger partial charge in [0.15, 0.2) is 5.52 Å². The molecule has 6 heteroatoms. The van der Waals surface area contributed by atoms with Crippen LogP contribution in [-0.2, 0) is 6.42 Å². The molecule has 2 aromatic heterocycles. The molecule has 0 aliphatic carbocycles. The molecular formula is C8H9N3O2S. The topological polar surface area (TPSA) is 78.6 Å². The molecule has 74 valence electrons. The fourth-order valence-electron chi connectivity index (χ4n) is 1.22. The van der Waals surface area contributed by atoms with E-state index in [-0.39, 0.29) is 0 Å². The largest absolute Gasteiger partial charge is 0.326 e. The molecule has 0 bridgehead atoms. The minimum absolute atomic E-state index is 0.332. The van der Waals surface area contributed by atoms with Crippen LogP contribution < -0.4 is 11.2 Å². The van der Waals surface area contributed by atoms with Gasteiger partial charge in [0, 0.05) is 0 Å². The third-order valence-corrected chi connectivity index (χ3v) is 2.84. The highest BCUT2D eigenvalue weighted by Gasteiger charge is 2.07. The number of nitrogens with one attached hydrogen (secondary N) is 2. The Labute approximate surface area is 82.8 Å². The summed E-state index contributed by atoms with van der Waals surface area (Å²) in [6, 6.07) is 0. The number of fused-ring (bicyclic) bond motifs is 1. The number of aromatic nitrogens is 3. The van der Waals surface area contributed by atoms with Crippen molar-refractivity contribution in [2.45, 2.75) is 19.8 Å². The highest BCUT2D eigenvalue weighted by atomic mass is 32.1. The summed E-state index contributed by atoms with van der Waals surface area (Å²) in [6.45, 7) is 2.04. The molecule has 14 heavy (non-hydrogen) atoms. The summed E-state index contributed by atoms with van der Waals surface area (Å²) >= 11 is 1.36. The van der Waals surface area contributed by atoms with E-state index in [0.717, 1.165) is 17.8 Å². The second kappa shape index (κ2) is 3.38. The van der Waals surface area contributed by atoms with Gasteiger partial charge in [0.2, 0.25) is 0 Å². The fourth-order valence-corrected chi connectivity index (χ4v) is 2.28. The summed E-state index contributed by atoms with van der Waals surface area (Å²) in [5.41, 5.74) is -0.561. The molecule has 0 aliphatic rings. The molecule has 0 radical (unpaired) electrons. The van der Waals surface area contributed by atoms with Crippen LogP contribution in [0.1, 0.15) is 18.4 Å². The van der Waals surface area contributed by atoms with Gasteiger partial charge in [0.1, 0.15) is 4.83 Å². The minimum Gasteiger partial charge on any atom is -0.297 e. The molecular weight excluding hydrogens is 202 g/mol. The average Bonchev–Trinajstić information content (AvgIpc) is 2.48. The second-order valence-corrected chi connectivity index (χ2v) is 4.03. The predicted octanol–water partition coefficient (Wildman–Crippen LogP) is 0.625. The SMILES string of the molecule is CCCc1nc2c(=O)[nH]c(=O)[nH]c2s1. The Morgan fingerprint density at radius 3 is 2.86 bits per heavy atom. The smallest absolute Gasteiger partial charge is 0.297 e. The highest BCUT2D eigenvalue weighted by Crippen LogP contribution is 2.16. The van der Waals surface area contributed by atoms with Gasteiger partial charge in [-0.15, -0.1) is 11.3 Å². The summed E-state index contributed by atoms with van der Waals surface area (Å²) in [5, 5.41) is 0.884. The molecule has 0 unspecified atom stereocenters. The molecule has 0 saturated carbocycles. The van der Waals surface area contributed by atoms with Crippen LogP contribution >= 0.6 is 11.3 Å². The van der Waals surface area contributed by atoms with Gasteiger partial charge < -0.3 is 0 Å². The quantitative estimate of drug-likeness (QED) is 0.764. The van der Waals surface area contributed by atoms with Crippen LogP contribution in [-0.4, -0.2) is 15.0 Å². The molecule has 2 aromatic rings. The first kappa shape index (κ1) is 9.14. The van der Waals surface area contributed by atoms with Crippen molar-refractivity contribution in [2.75, 3.05) is 0 Å². The Morgan fingerprint density at radius 2 is 2.14 bits per heavy atom. The maximum Gasteiger partial charge on any atom is 0.326 e. The number of thiazole rings is 1. The van der Waals surface area contributed by atoms with E-state index >= 15 is 0 Å².